The molecule has 0 bridgehead atoms. The summed E-state index contributed by atoms with van der Waals surface area (Å²) < 4.78 is 37.4. The summed E-state index contributed by atoms with van der Waals surface area (Å²) in [5.74, 6) is 0.659. The van der Waals surface area contributed by atoms with Gasteiger partial charge in [0.2, 0.25) is 10.0 Å². The molecule has 2 N–H and O–H groups in total. The van der Waals surface area contributed by atoms with Crippen LogP contribution >= 0.6 is 0 Å². The molecule has 0 atom stereocenters. The highest BCUT2D eigenvalue weighted by atomic mass is 32.2. The van der Waals surface area contributed by atoms with Crippen LogP contribution in [0.3, 0.4) is 0 Å². The lowest BCUT2D eigenvalue weighted by atomic mass is 10.2. The van der Waals surface area contributed by atoms with Crippen LogP contribution in [-0.4, -0.2) is 41.5 Å². The smallest absolute Gasteiger partial charge is 0.244 e. The van der Waals surface area contributed by atoms with Gasteiger partial charge in [0.1, 0.15) is 11.0 Å². The maximum Gasteiger partial charge on any atom is 0.244 e. The van der Waals surface area contributed by atoms with Gasteiger partial charge in [0, 0.05) is 41.1 Å². The number of nitrogens with zero attached hydrogens (tertiary/aromatic N) is 2. The molecule has 1 heterocycles. The highest BCUT2D eigenvalue weighted by Crippen LogP contribution is 2.23. The largest absolute Gasteiger partial charge is 0.399 e. The van der Waals surface area contributed by atoms with Crippen LogP contribution in [0.2, 0.25) is 0 Å². The minimum Gasteiger partial charge on any atom is -0.399 e. The summed E-state index contributed by atoms with van der Waals surface area (Å²) in [6, 6.07) is 5.98. The maximum atomic E-state index is 12.4. The number of benzene rings is 1. The van der Waals surface area contributed by atoms with E-state index in [-0.39, 0.29) is 23.5 Å². The van der Waals surface area contributed by atoms with Gasteiger partial charge in [0.15, 0.2) is 0 Å². The Morgan fingerprint density at radius 3 is 2.53 bits per heavy atom. The molecule has 102 valence electrons. The number of nitriles is 1. The van der Waals surface area contributed by atoms with Crippen LogP contribution in [0.4, 0.5) is 5.69 Å². The number of nitrogens with two attached hydrogens (primary N) is 1. The zero-order chi connectivity index (χ0) is 14.0. The van der Waals surface area contributed by atoms with Crippen molar-refractivity contribution in [2.24, 2.45) is 0 Å². The van der Waals surface area contributed by atoms with Gasteiger partial charge in [-0.3, -0.25) is 4.21 Å². The van der Waals surface area contributed by atoms with Gasteiger partial charge < -0.3 is 5.73 Å². The van der Waals surface area contributed by atoms with E-state index in [4.69, 9.17) is 11.0 Å². The van der Waals surface area contributed by atoms with Gasteiger partial charge in [-0.05, 0) is 18.2 Å². The number of hydrogen-bond donors (Lipinski definition) is 1. The Kier molecular flexibility index (Phi) is 3.89. The first-order valence-electron chi connectivity index (χ1n) is 5.60. The second-order valence-corrected chi connectivity index (χ2v) is 7.72. The molecule has 1 saturated heterocycles. The van der Waals surface area contributed by atoms with Crippen molar-refractivity contribution in [1.82, 2.24) is 4.31 Å². The topological polar surface area (TPSA) is 104 Å². The van der Waals surface area contributed by atoms with Crippen molar-refractivity contribution in [2.75, 3.05) is 30.3 Å². The van der Waals surface area contributed by atoms with Crippen molar-refractivity contribution in [2.45, 2.75) is 4.90 Å². The van der Waals surface area contributed by atoms with E-state index in [1.807, 2.05) is 6.07 Å². The van der Waals surface area contributed by atoms with E-state index < -0.39 is 20.8 Å². The van der Waals surface area contributed by atoms with Gasteiger partial charge in [-0.1, -0.05) is 0 Å². The molecule has 1 aromatic carbocycles. The number of sulfonamides is 1. The lowest BCUT2D eigenvalue weighted by Gasteiger charge is -2.25. The highest BCUT2D eigenvalue weighted by molar-refractivity contribution is 7.89. The molecular weight excluding hydrogens is 286 g/mol. The van der Waals surface area contributed by atoms with E-state index in [0.717, 1.165) is 0 Å². The lowest BCUT2D eigenvalue weighted by Crippen LogP contribution is -2.41. The van der Waals surface area contributed by atoms with Crippen LogP contribution < -0.4 is 5.73 Å². The maximum absolute atomic E-state index is 12.4. The summed E-state index contributed by atoms with van der Waals surface area (Å²) in [6.07, 6.45) is 0. The molecule has 0 aliphatic carbocycles. The van der Waals surface area contributed by atoms with E-state index in [0.29, 0.717) is 17.2 Å². The molecule has 19 heavy (non-hydrogen) atoms. The third kappa shape index (κ3) is 2.78. The average Bonchev–Trinajstić information content (AvgIpc) is 2.38. The normalized spacial score (nSPS) is 18.1. The summed E-state index contributed by atoms with van der Waals surface area (Å²) in [6.45, 7) is 0.425. The molecule has 0 radical (unpaired) electrons. The molecule has 0 saturated carbocycles. The van der Waals surface area contributed by atoms with Gasteiger partial charge in [-0.2, -0.15) is 9.57 Å². The third-order valence-electron chi connectivity index (χ3n) is 2.88. The fourth-order valence-electron chi connectivity index (χ4n) is 1.86. The summed E-state index contributed by atoms with van der Waals surface area (Å²) in [4.78, 5) is -0.0446. The second-order valence-electron chi connectivity index (χ2n) is 4.12. The zero-order valence-corrected chi connectivity index (χ0v) is 11.7. The molecule has 1 fully saturated rings. The van der Waals surface area contributed by atoms with Crippen molar-refractivity contribution in [3.05, 3.63) is 23.8 Å². The second kappa shape index (κ2) is 5.28. The minimum atomic E-state index is -3.72. The van der Waals surface area contributed by atoms with Crippen LogP contribution in [0.25, 0.3) is 0 Å². The molecule has 0 aromatic heterocycles. The first-order valence-corrected chi connectivity index (χ1v) is 8.52. The molecule has 0 amide bonds. The molecular formula is C11H13N3O3S2. The van der Waals surface area contributed by atoms with E-state index >= 15 is 0 Å². The monoisotopic (exact) mass is 299 g/mol. The molecule has 8 heteroatoms. The number of hydrogen-bond acceptors (Lipinski definition) is 5. The predicted molar refractivity (Wildman–Crippen MR) is 72.2 cm³/mol. The fourth-order valence-corrected chi connectivity index (χ4v) is 4.71. The van der Waals surface area contributed by atoms with Crippen molar-refractivity contribution in [1.29, 1.82) is 5.26 Å². The van der Waals surface area contributed by atoms with Gasteiger partial charge in [0.05, 0.1) is 5.56 Å². The zero-order valence-electron chi connectivity index (χ0n) is 10.1. The van der Waals surface area contributed by atoms with Crippen LogP contribution in [0, 0.1) is 11.3 Å². The lowest BCUT2D eigenvalue weighted by molar-refractivity contribution is 0.438. The Hall–Kier alpha value is -1.43. The SMILES string of the molecule is N#Cc1cc(N)ccc1S(=O)(=O)N1CCS(=O)CC1. The molecule has 0 unspecified atom stereocenters. The molecule has 6 nitrogen and oxygen atoms in total. The fraction of sp³-hybridized carbons (Fsp3) is 0.364. The third-order valence-corrected chi connectivity index (χ3v) is 6.11. The van der Waals surface area contributed by atoms with Crippen LogP contribution in [0.15, 0.2) is 23.1 Å². The number of anilines is 1. The summed E-state index contributed by atoms with van der Waals surface area (Å²) >= 11 is 0. The molecule has 1 aliphatic rings. The number of rotatable bonds is 2. The average molecular weight is 299 g/mol. The van der Waals surface area contributed by atoms with Gasteiger partial charge >= 0.3 is 0 Å². The molecule has 1 aromatic rings. The van der Waals surface area contributed by atoms with Crippen LogP contribution in [0.5, 0.6) is 0 Å². The molecule has 0 spiro atoms. The highest BCUT2D eigenvalue weighted by Gasteiger charge is 2.30. The van der Waals surface area contributed by atoms with E-state index in [1.165, 1.54) is 22.5 Å². The Morgan fingerprint density at radius 2 is 1.95 bits per heavy atom. The Labute approximate surface area is 114 Å². The van der Waals surface area contributed by atoms with Crippen molar-refractivity contribution in [3.63, 3.8) is 0 Å². The first-order chi connectivity index (χ1) is 8.95. The van der Waals surface area contributed by atoms with Gasteiger partial charge in [-0.15, -0.1) is 0 Å². The quantitative estimate of drug-likeness (QED) is 0.767. The van der Waals surface area contributed by atoms with Crippen LogP contribution in [0.1, 0.15) is 5.56 Å². The Bertz CT molecular complexity index is 654. The summed E-state index contributed by atoms with van der Waals surface area (Å²) in [5, 5.41) is 9.01. The number of nitrogen functional groups attached to an aromatic ring is 1. The Balaban J connectivity index is 2.40. The van der Waals surface area contributed by atoms with E-state index in [2.05, 4.69) is 0 Å². The molecule has 1 aliphatic heterocycles. The minimum absolute atomic E-state index is 0.0340. The van der Waals surface area contributed by atoms with Gasteiger partial charge in [0.25, 0.3) is 0 Å². The summed E-state index contributed by atoms with van der Waals surface area (Å²) in [7, 11) is -4.68. The van der Waals surface area contributed by atoms with Crippen molar-refractivity contribution >= 4 is 26.5 Å². The summed E-state index contributed by atoms with van der Waals surface area (Å²) in [5.41, 5.74) is 5.92. The molecule has 2 rings (SSSR count). The van der Waals surface area contributed by atoms with Crippen LogP contribution in [-0.2, 0) is 20.8 Å². The van der Waals surface area contributed by atoms with E-state index in [1.54, 1.807) is 0 Å². The Morgan fingerprint density at radius 1 is 1.32 bits per heavy atom. The van der Waals surface area contributed by atoms with E-state index in [9.17, 15) is 12.6 Å². The predicted octanol–water partition coefficient (Wildman–Crippen LogP) is -0.107. The first kappa shape index (κ1) is 14.0. The standard InChI is InChI=1S/C11H13N3O3S2/c12-8-9-7-10(13)1-2-11(9)19(16,17)14-3-5-18(15)6-4-14/h1-2,7H,3-6,13H2. The van der Waals surface area contributed by atoms with Gasteiger partial charge in [-0.25, -0.2) is 8.42 Å². The van der Waals surface area contributed by atoms with Crippen molar-refractivity contribution in [3.8, 4) is 6.07 Å². The van der Waals surface area contributed by atoms with Crippen molar-refractivity contribution < 1.29 is 12.6 Å².